The van der Waals surface area contributed by atoms with Crippen molar-refractivity contribution in [3.8, 4) is 0 Å². The van der Waals surface area contributed by atoms with E-state index >= 15 is 0 Å². The molecule has 0 saturated carbocycles. The number of nitrogens with one attached hydrogen (secondary N) is 1. The third-order valence-electron chi connectivity index (χ3n) is 4.36. The minimum atomic E-state index is -0.154. The standard InChI is InChI=1S/C19H19N5OS/c25-19(16-7-4-14-26-16)20-17-8-9-18(22-21-17)24-12-10-23(11-13-24)15-5-2-1-3-6-15/h1-9,14H,10-13H2,(H,20,21,25). The average Bonchev–Trinajstić information content (AvgIpc) is 3.25. The van der Waals surface area contributed by atoms with Crippen molar-refractivity contribution in [1.29, 1.82) is 0 Å². The molecule has 0 unspecified atom stereocenters. The molecule has 6 nitrogen and oxygen atoms in total. The van der Waals surface area contributed by atoms with Crippen LogP contribution >= 0.6 is 11.3 Å². The van der Waals surface area contributed by atoms with E-state index in [4.69, 9.17) is 0 Å². The maximum atomic E-state index is 12.0. The van der Waals surface area contributed by atoms with Crippen molar-refractivity contribution >= 4 is 34.6 Å². The molecule has 0 radical (unpaired) electrons. The van der Waals surface area contributed by atoms with Crippen LogP contribution in [0.15, 0.2) is 60.0 Å². The lowest BCUT2D eigenvalue weighted by Gasteiger charge is -2.36. The lowest BCUT2D eigenvalue weighted by molar-refractivity contribution is 0.103. The molecule has 1 fully saturated rings. The zero-order valence-corrected chi connectivity index (χ0v) is 15.0. The van der Waals surface area contributed by atoms with E-state index in [0.29, 0.717) is 10.7 Å². The maximum Gasteiger partial charge on any atom is 0.266 e. The second-order valence-corrected chi connectivity index (χ2v) is 6.97. The van der Waals surface area contributed by atoms with Gasteiger partial charge >= 0.3 is 0 Å². The first kappa shape index (κ1) is 16.5. The Hall–Kier alpha value is -2.93. The van der Waals surface area contributed by atoms with E-state index in [1.165, 1.54) is 17.0 Å². The van der Waals surface area contributed by atoms with Gasteiger partial charge in [-0.25, -0.2) is 0 Å². The number of amides is 1. The van der Waals surface area contributed by atoms with Gasteiger partial charge in [0.2, 0.25) is 0 Å². The largest absolute Gasteiger partial charge is 0.368 e. The second-order valence-electron chi connectivity index (χ2n) is 6.02. The molecular weight excluding hydrogens is 346 g/mol. The first-order valence-electron chi connectivity index (χ1n) is 8.53. The predicted molar refractivity (Wildman–Crippen MR) is 105 cm³/mol. The van der Waals surface area contributed by atoms with Crippen LogP contribution in [-0.4, -0.2) is 42.3 Å². The van der Waals surface area contributed by atoms with Gasteiger partial charge in [-0.05, 0) is 35.7 Å². The van der Waals surface area contributed by atoms with Crippen molar-refractivity contribution in [3.63, 3.8) is 0 Å². The van der Waals surface area contributed by atoms with E-state index in [2.05, 4.69) is 49.6 Å². The van der Waals surface area contributed by atoms with Crippen LogP contribution < -0.4 is 15.1 Å². The van der Waals surface area contributed by atoms with Crippen LogP contribution in [-0.2, 0) is 0 Å². The van der Waals surface area contributed by atoms with Gasteiger partial charge in [0.15, 0.2) is 11.6 Å². The number of para-hydroxylation sites is 1. The molecule has 2 aromatic heterocycles. The van der Waals surface area contributed by atoms with Crippen molar-refractivity contribution in [2.75, 3.05) is 41.3 Å². The van der Waals surface area contributed by atoms with Gasteiger partial charge in [-0.2, -0.15) is 0 Å². The number of rotatable bonds is 4. The van der Waals surface area contributed by atoms with E-state index in [9.17, 15) is 4.79 Å². The Kier molecular flexibility index (Phi) is 4.79. The van der Waals surface area contributed by atoms with Gasteiger partial charge < -0.3 is 15.1 Å². The van der Waals surface area contributed by atoms with Gasteiger partial charge in [0.25, 0.3) is 5.91 Å². The van der Waals surface area contributed by atoms with Crippen molar-refractivity contribution in [2.24, 2.45) is 0 Å². The maximum absolute atomic E-state index is 12.0. The number of nitrogens with zero attached hydrogens (tertiary/aromatic N) is 4. The molecule has 1 N–H and O–H groups in total. The Labute approximate surface area is 156 Å². The molecule has 3 aromatic rings. The highest BCUT2D eigenvalue weighted by Gasteiger charge is 2.18. The van der Waals surface area contributed by atoms with Gasteiger partial charge in [-0.3, -0.25) is 4.79 Å². The Morgan fingerprint density at radius 2 is 1.65 bits per heavy atom. The first-order valence-corrected chi connectivity index (χ1v) is 9.41. The summed E-state index contributed by atoms with van der Waals surface area (Å²) >= 11 is 1.40. The molecule has 1 aromatic carbocycles. The van der Waals surface area contributed by atoms with Gasteiger partial charge in [-0.15, -0.1) is 21.5 Å². The fourth-order valence-electron chi connectivity index (χ4n) is 2.98. The highest BCUT2D eigenvalue weighted by atomic mass is 32.1. The van der Waals surface area contributed by atoms with Crippen molar-refractivity contribution < 1.29 is 4.79 Å². The SMILES string of the molecule is O=C(Nc1ccc(N2CCN(c3ccccc3)CC2)nn1)c1cccs1. The van der Waals surface area contributed by atoms with Crippen LogP contribution in [0.4, 0.5) is 17.3 Å². The van der Waals surface area contributed by atoms with Crippen molar-refractivity contribution in [3.05, 3.63) is 64.9 Å². The molecule has 132 valence electrons. The highest BCUT2D eigenvalue weighted by Crippen LogP contribution is 2.19. The molecule has 1 saturated heterocycles. The Balaban J connectivity index is 1.35. The number of hydrogen-bond acceptors (Lipinski definition) is 6. The van der Waals surface area contributed by atoms with Crippen LogP contribution in [0.3, 0.4) is 0 Å². The number of anilines is 3. The summed E-state index contributed by atoms with van der Waals surface area (Å²) in [5.74, 6) is 1.15. The average molecular weight is 365 g/mol. The van der Waals surface area contributed by atoms with Gasteiger partial charge in [-0.1, -0.05) is 24.3 Å². The highest BCUT2D eigenvalue weighted by molar-refractivity contribution is 7.12. The third kappa shape index (κ3) is 3.67. The Bertz CT molecular complexity index is 843. The van der Waals surface area contributed by atoms with E-state index in [0.717, 1.165) is 32.0 Å². The van der Waals surface area contributed by atoms with Gasteiger partial charge in [0.05, 0.1) is 4.88 Å². The van der Waals surface area contributed by atoms with Crippen LogP contribution in [0, 0.1) is 0 Å². The summed E-state index contributed by atoms with van der Waals surface area (Å²) in [7, 11) is 0. The molecule has 3 heterocycles. The summed E-state index contributed by atoms with van der Waals surface area (Å²) in [4.78, 5) is 17.3. The molecule has 7 heteroatoms. The van der Waals surface area contributed by atoms with E-state index in [1.807, 2.05) is 23.6 Å². The van der Waals surface area contributed by atoms with Gasteiger partial charge in [0.1, 0.15) is 0 Å². The van der Waals surface area contributed by atoms with E-state index < -0.39 is 0 Å². The minimum Gasteiger partial charge on any atom is -0.368 e. The summed E-state index contributed by atoms with van der Waals surface area (Å²) in [6.07, 6.45) is 0. The summed E-state index contributed by atoms with van der Waals surface area (Å²) in [5.41, 5.74) is 1.25. The number of thiophene rings is 1. The molecule has 0 bridgehead atoms. The monoisotopic (exact) mass is 365 g/mol. The Morgan fingerprint density at radius 1 is 0.885 bits per heavy atom. The molecule has 0 aliphatic carbocycles. The molecule has 1 amide bonds. The summed E-state index contributed by atoms with van der Waals surface area (Å²) in [5, 5.41) is 13.1. The fourth-order valence-corrected chi connectivity index (χ4v) is 3.60. The number of carbonyl (C=O) groups is 1. The number of carbonyl (C=O) groups excluding carboxylic acids is 1. The van der Waals surface area contributed by atoms with Gasteiger partial charge in [0, 0.05) is 31.9 Å². The summed E-state index contributed by atoms with van der Waals surface area (Å²) < 4.78 is 0. The third-order valence-corrected chi connectivity index (χ3v) is 5.23. The molecule has 1 aliphatic heterocycles. The van der Waals surface area contributed by atoms with Crippen LogP contribution in [0.1, 0.15) is 9.67 Å². The van der Waals surface area contributed by atoms with E-state index in [-0.39, 0.29) is 5.91 Å². The smallest absolute Gasteiger partial charge is 0.266 e. The zero-order valence-electron chi connectivity index (χ0n) is 14.2. The number of benzene rings is 1. The summed E-state index contributed by atoms with van der Waals surface area (Å²) in [6.45, 7) is 3.68. The van der Waals surface area contributed by atoms with Crippen LogP contribution in [0.2, 0.25) is 0 Å². The molecule has 0 spiro atoms. The predicted octanol–water partition coefficient (Wildman–Crippen LogP) is 3.12. The van der Waals surface area contributed by atoms with E-state index in [1.54, 1.807) is 12.1 Å². The van der Waals surface area contributed by atoms with Crippen molar-refractivity contribution in [2.45, 2.75) is 0 Å². The first-order chi connectivity index (χ1) is 12.8. The fraction of sp³-hybridized carbons (Fsp3) is 0.211. The zero-order chi connectivity index (χ0) is 17.8. The molecule has 4 rings (SSSR count). The molecule has 0 atom stereocenters. The molecule has 1 aliphatic rings. The van der Waals surface area contributed by atoms with Crippen molar-refractivity contribution in [1.82, 2.24) is 10.2 Å². The summed E-state index contributed by atoms with van der Waals surface area (Å²) in [6, 6.07) is 17.8. The number of hydrogen-bond donors (Lipinski definition) is 1. The molecular formula is C19H19N5OS. The minimum absolute atomic E-state index is 0.154. The van der Waals surface area contributed by atoms with Crippen LogP contribution in [0.25, 0.3) is 0 Å². The number of piperazine rings is 1. The second kappa shape index (κ2) is 7.53. The molecule has 26 heavy (non-hydrogen) atoms. The number of aromatic nitrogens is 2. The quantitative estimate of drug-likeness (QED) is 0.770. The topological polar surface area (TPSA) is 61.4 Å². The normalized spacial score (nSPS) is 14.3. The lowest BCUT2D eigenvalue weighted by atomic mass is 10.2. The lowest BCUT2D eigenvalue weighted by Crippen LogP contribution is -2.46. The Morgan fingerprint density at radius 3 is 2.31 bits per heavy atom. The van der Waals surface area contributed by atoms with Crippen LogP contribution in [0.5, 0.6) is 0 Å².